The Morgan fingerprint density at radius 3 is 2.33 bits per heavy atom. The minimum atomic E-state index is -0.478. The van der Waals surface area contributed by atoms with E-state index in [0.29, 0.717) is 29.5 Å². The van der Waals surface area contributed by atoms with Crippen LogP contribution in [-0.2, 0) is 6.42 Å². The number of carbonyl (C=O) groups is 1. The molecule has 4 aromatic rings. The van der Waals surface area contributed by atoms with Crippen LogP contribution in [0.1, 0.15) is 44.4 Å². The van der Waals surface area contributed by atoms with Crippen molar-refractivity contribution in [1.82, 2.24) is 4.90 Å². The Kier molecular flexibility index (Phi) is 5.25. The molecular formula is C28H25NO4. The van der Waals surface area contributed by atoms with Crippen molar-refractivity contribution >= 4 is 16.9 Å². The molecule has 3 aromatic carbocycles. The molecule has 0 aliphatic carbocycles. The van der Waals surface area contributed by atoms with E-state index in [1.165, 1.54) is 0 Å². The molecule has 1 aliphatic heterocycles. The number of hydrogen-bond donors (Lipinski definition) is 0. The molecule has 33 heavy (non-hydrogen) atoms. The molecule has 0 unspecified atom stereocenters. The van der Waals surface area contributed by atoms with Crippen LogP contribution in [0.3, 0.4) is 0 Å². The van der Waals surface area contributed by atoms with Gasteiger partial charge < -0.3 is 14.1 Å². The second-order valence-corrected chi connectivity index (χ2v) is 8.52. The largest absolute Gasteiger partial charge is 0.497 e. The quantitative estimate of drug-likeness (QED) is 0.429. The Labute approximate surface area is 192 Å². The first kappa shape index (κ1) is 21.0. The van der Waals surface area contributed by atoms with E-state index in [9.17, 15) is 9.59 Å². The number of amides is 1. The van der Waals surface area contributed by atoms with Crippen LogP contribution in [0.5, 0.6) is 5.75 Å². The van der Waals surface area contributed by atoms with Gasteiger partial charge in [0, 0.05) is 6.54 Å². The number of nitrogens with zero attached hydrogens (tertiary/aromatic N) is 1. The molecule has 5 nitrogen and oxygen atoms in total. The summed E-state index contributed by atoms with van der Waals surface area (Å²) >= 11 is 0. The Hall–Kier alpha value is -3.86. The van der Waals surface area contributed by atoms with Gasteiger partial charge in [-0.15, -0.1) is 0 Å². The fourth-order valence-electron chi connectivity index (χ4n) is 4.53. The summed E-state index contributed by atoms with van der Waals surface area (Å²) in [5.41, 5.74) is 4.77. The summed E-state index contributed by atoms with van der Waals surface area (Å²) in [4.78, 5) is 28.9. The molecule has 0 bridgehead atoms. The van der Waals surface area contributed by atoms with Crippen LogP contribution in [0.2, 0.25) is 0 Å². The molecule has 0 spiro atoms. The molecule has 2 heterocycles. The number of ether oxygens (including phenoxy) is 1. The van der Waals surface area contributed by atoms with Crippen molar-refractivity contribution in [3.63, 3.8) is 0 Å². The third-order valence-corrected chi connectivity index (χ3v) is 6.50. The van der Waals surface area contributed by atoms with Crippen LogP contribution < -0.4 is 10.2 Å². The van der Waals surface area contributed by atoms with Gasteiger partial charge in [0.2, 0.25) is 5.76 Å². The topological polar surface area (TPSA) is 59.8 Å². The van der Waals surface area contributed by atoms with Gasteiger partial charge in [-0.1, -0.05) is 42.5 Å². The van der Waals surface area contributed by atoms with Crippen LogP contribution in [0.25, 0.3) is 11.0 Å². The molecule has 0 N–H and O–H groups in total. The number of hydrogen-bond acceptors (Lipinski definition) is 4. The molecule has 166 valence electrons. The van der Waals surface area contributed by atoms with Crippen molar-refractivity contribution < 1.29 is 13.9 Å². The van der Waals surface area contributed by atoms with E-state index in [-0.39, 0.29) is 17.1 Å². The third kappa shape index (κ3) is 3.59. The second-order valence-electron chi connectivity index (χ2n) is 8.52. The molecule has 1 aliphatic rings. The van der Waals surface area contributed by atoms with Gasteiger partial charge >= 0.3 is 0 Å². The van der Waals surface area contributed by atoms with Gasteiger partial charge in [0.05, 0.1) is 24.1 Å². The molecule has 1 atom stereocenters. The van der Waals surface area contributed by atoms with E-state index in [2.05, 4.69) is 0 Å². The molecule has 0 fully saturated rings. The minimum Gasteiger partial charge on any atom is -0.497 e. The number of aryl methyl sites for hydroxylation is 2. The summed E-state index contributed by atoms with van der Waals surface area (Å²) in [6.07, 6.45) is 0.652. The first-order valence-corrected chi connectivity index (χ1v) is 11.0. The lowest BCUT2D eigenvalue weighted by molar-refractivity contribution is 0.0730. The number of methoxy groups -OCH3 is 1. The van der Waals surface area contributed by atoms with Gasteiger partial charge in [-0.2, -0.15) is 0 Å². The van der Waals surface area contributed by atoms with E-state index >= 15 is 0 Å². The first-order valence-electron chi connectivity index (χ1n) is 11.0. The number of rotatable bonds is 5. The SMILES string of the molecule is COc1ccc(CCN2C(=O)c3oc4cc(C)c(C)cc4c(=O)c3[C@H]2c2ccccc2)cc1. The number of benzene rings is 3. The average molecular weight is 440 g/mol. The molecule has 1 aromatic heterocycles. The van der Waals surface area contributed by atoms with Crippen LogP contribution in [-0.4, -0.2) is 24.5 Å². The van der Waals surface area contributed by atoms with Gasteiger partial charge in [0.25, 0.3) is 5.91 Å². The fraction of sp³-hybridized carbons (Fsp3) is 0.214. The maximum atomic E-state index is 13.7. The first-order chi connectivity index (χ1) is 16.0. The third-order valence-electron chi connectivity index (χ3n) is 6.50. The van der Waals surface area contributed by atoms with Crippen LogP contribution >= 0.6 is 0 Å². The second kappa shape index (κ2) is 8.24. The van der Waals surface area contributed by atoms with E-state index in [4.69, 9.17) is 9.15 Å². The van der Waals surface area contributed by atoms with Gasteiger partial charge in [0.1, 0.15) is 11.3 Å². The maximum absolute atomic E-state index is 13.7. The van der Waals surface area contributed by atoms with Crippen molar-refractivity contribution in [2.45, 2.75) is 26.3 Å². The lowest BCUT2D eigenvalue weighted by atomic mass is 9.97. The van der Waals surface area contributed by atoms with Crippen molar-refractivity contribution in [3.05, 3.63) is 111 Å². The van der Waals surface area contributed by atoms with Crippen molar-refractivity contribution in [3.8, 4) is 5.75 Å². The minimum absolute atomic E-state index is 0.136. The van der Waals surface area contributed by atoms with Crippen LogP contribution in [0, 0.1) is 13.8 Å². The van der Waals surface area contributed by atoms with Gasteiger partial charge in [0.15, 0.2) is 5.43 Å². The summed E-state index contributed by atoms with van der Waals surface area (Å²) in [6, 6.07) is 20.7. The highest BCUT2D eigenvalue weighted by Crippen LogP contribution is 2.38. The van der Waals surface area contributed by atoms with Crippen molar-refractivity contribution in [2.24, 2.45) is 0 Å². The van der Waals surface area contributed by atoms with Crippen molar-refractivity contribution in [2.75, 3.05) is 13.7 Å². The van der Waals surface area contributed by atoms with E-state index in [0.717, 1.165) is 28.0 Å². The molecule has 0 saturated carbocycles. The monoisotopic (exact) mass is 439 g/mol. The van der Waals surface area contributed by atoms with E-state index in [1.54, 1.807) is 12.0 Å². The summed E-state index contributed by atoms with van der Waals surface area (Å²) in [5, 5.41) is 0.516. The highest BCUT2D eigenvalue weighted by molar-refractivity contribution is 5.99. The average Bonchev–Trinajstić information content (AvgIpc) is 3.12. The zero-order valence-corrected chi connectivity index (χ0v) is 18.9. The molecule has 5 rings (SSSR count). The number of carbonyl (C=O) groups excluding carboxylic acids is 1. The standard InChI is InChI=1S/C28H25NO4/c1-17-15-22-23(16-18(17)2)33-27-24(26(22)30)25(20-7-5-4-6-8-20)29(28(27)31)14-13-19-9-11-21(32-3)12-10-19/h4-12,15-16,25H,13-14H2,1-3H3/t25-/m1/s1. The molecule has 5 heteroatoms. The predicted molar refractivity (Wildman–Crippen MR) is 128 cm³/mol. The molecule has 0 radical (unpaired) electrons. The highest BCUT2D eigenvalue weighted by Gasteiger charge is 2.42. The lowest BCUT2D eigenvalue weighted by Crippen LogP contribution is -2.31. The van der Waals surface area contributed by atoms with Crippen LogP contribution in [0.15, 0.2) is 75.9 Å². The summed E-state index contributed by atoms with van der Waals surface area (Å²) < 4.78 is 11.3. The Morgan fingerprint density at radius 1 is 0.939 bits per heavy atom. The Morgan fingerprint density at radius 2 is 1.64 bits per heavy atom. The van der Waals surface area contributed by atoms with Crippen molar-refractivity contribution in [1.29, 1.82) is 0 Å². The van der Waals surface area contributed by atoms with Crippen LogP contribution in [0.4, 0.5) is 0 Å². The predicted octanol–water partition coefficient (Wildman–Crippen LogP) is 5.21. The molecule has 1 amide bonds. The molecule has 0 saturated heterocycles. The number of fused-ring (bicyclic) bond motifs is 2. The van der Waals surface area contributed by atoms with Gasteiger partial charge in [-0.25, -0.2) is 0 Å². The van der Waals surface area contributed by atoms with Gasteiger partial charge in [-0.05, 0) is 66.8 Å². The highest BCUT2D eigenvalue weighted by atomic mass is 16.5. The Bertz CT molecular complexity index is 1400. The van der Waals surface area contributed by atoms with E-state index < -0.39 is 6.04 Å². The zero-order chi connectivity index (χ0) is 23.1. The fourth-order valence-corrected chi connectivity index (χ4v) is 4.53. The maximum Gasteiger partial charge on any atom is 0.290 e. The lowest BCUT2D eigenvalue weighted by Gasteiger charge is -2.25. The zero-order valence-electron chi connectivity index (χ0n) is 18.9. The summed E-state index contributed by atoms with van der Waals surface area (Å²) in [6.45, 7) is 4.41. The summed E-state index contributed by atoms with van der Waals surface area (Å²) in [7, 11) is 1.64. The smallest absolute Gasteiger partial charge is 0.290 e. The normalized spacial score (nSPS) is 15.2. The summed E-state index contributed by atoms with van der Waals surface area (Å²) in [5.74, 6) is 0.696. The molecular weight excluding hydrogens is 414 g/mol. The van der Waals surface area contributed by atoms with E-state index in [1.807, 2.05) is 80.6 Å². The Balaban J connectivity index is 1.60. The van der Waals surface area contributed by atoms with Gasteiger partial charge in [-0.3, -0.25) is 9.59 Å².